The van der Waals surface area contributed by atoms with E-state index in [-0.39, 0.29) is 12.2 Å². The van der Waals surface area contributed by atoms with Crippen LogP contribution in [0, 0.1) is 17.1 Å². The number of nitriles is 1. The Hall–Kier alpha value is -1.44. The van der Waals surface area contributed by atoms with Gasteiger partial charge in [-0.15, -0.1) is 0 Å². The summed E-state index contributed by atoms with van der Waals surface area (Å²) in [6, 6.07) is 8.56. The second kappa shape index (κ2) is 4.20. The lowest BCUT2D eigenvalue weighted by molar-refractivity contribution is -0.0977. The minimum atomic E-state index is -0.889. The number of likely N-dealkylation sites (tertiary alicyclic amines) is 1. The molecule has 0 unspecified atom stereocenters. The molecule has 1 saturated heterocycles. The standard InChI is InChI=1S/C12H13FN2O/c13-11-4-2-1-3-10(11)7-15-8-12(16,9-15)5-6-14/h1-4,16H,5,7-9H2. The number of hydrogen-bond donors (Lipinski definition) is 1. The van der Waals surface area contributed by atoms with E-state index in [1.54, 1.807) is 18.2 Å². The van der Waals surface area contributed by atoms with Gasteiger partial charge >= 0.3 is 0 Å². The van der Waals surface area contributed by atoms with E-state index in [4.69, 9.17) is 5.26 Å². The lowest BCUT2D eigenvalue weighted by Crippen LogP contribution is -2.60. The number of nitrogens with zero attached hydrogens (tertiary/aromatic N) is 2. The summed E-state index contributed by atoms with van der Waals surface area (Å²) < 4.78 is 13.3. The van der Waals surface area contributed by atoms with E-state index in [1.807, 2.05) is 11.0 Å². The second-order valence-electron chi connectivity index (χ2n) is 4.30. The maximum absolute atomic E-state index is 13.3. The van der Waals surface area contributed by atoms with E-state index in [0.717, 1.165) is 0 Å². The van der Waals surface area contributed by atoms with Crippen LogP contribution in [0.15, 0.2) is 24.3 Å². The highest BCUT2D eigenvalue weighted by molar-refractivity contribution is 5.18. The van der Waals surface area contributed by atoms with Gasteiger partial charge in [0.1, 0.15) is 11.4 Å². The normalized spacial score (nSPS) is 18.8. The van der Waals surface area contributed by atoms with E-state index in [0.29, 0.717) is 25.2 Å². The number of aliphatic hydroxyl groups is 1. The van der Waals surface area contributed by atoms with E-state index in [9.17, 15) is 9.50 Å². The molecule has 1 aliphatic heterocycles. The highest BCUT2D eigenvalue weighted by Gasteiger charge is 2.40. The topological polar surface area (TPSA) is 47.3 Å². The molecule has 1 aromatic rings. The van der Waals surface area contributed by atoms with Crippen LogP contribution in [0.1, 0.15) is 12.0 Å². The molecule has 0 amide bonds. The fraction of sp³-hybridized carbons (Fsp3) is 0.417. The molecule has 0 atom stereocenters. The summed E-state index contributed by atoms with van der Waals surface area (Å²) in [4.78, 5) is 1.93. The van der Waals surface area contributed by atoms with Crippen molar-refractivity contribution in [1.82, 2.24) is 4.90 Å². The first kappa shape index (κ1) is 11.1. The monoisotopic (exact) mass is 220 g/mol. The van der Waals surface area contributed by atoms with Crippen molar-refractivity contribution >= 4 is 0 Å². The van der Waals surface area contributed by atoms with Gasteiger partial charge in [0.25, 0.3) is 0 Å². The maximum atomic E-state index is 13.3. The van der Waals surface area contributed by atoms with Crippen molar-refractivity contribution in [3.8, 4) is 6.07 Å². The van der Waals surface area contributed by atoms with Crippen molar-refractivity contribution in [1.29, 1.82) is 5.26 Å². The average molecular weight is 220 g/mol. The zero-order chi connectivity index (χ0) is 11.6. The summed E-state index contributed by atoms with van der Waals surface area (Å²) in [5.41, 5.74) is -0.262. The molecule has 1 heterocycles. The summed E-state index contributed by atoms with van der Waals surface area (Å²) in [5.74, 6) is -0.224. The van der Waals surface area contributed by atoms with Gasteiger partial charge in [-0.2, -0.15) is 5.26 Å². The molecule has 4 heteroatoms. The Morgan fingerprint density at radius 1 is 1.44 bits per heavy atom. The Morgan fingerprint density at radius 2 is 2.12 bits per heavy atom. The Kier molecular flexibility index (Phi) is 2.90. The summed E-state index contributed by atoms with van der Waals surface area (Å²) in [5, 5.41) is 18.3. The van der Waals surface area contributed by atoms with Gasteiger partial charge in [0.15, 0.2) is 0 Å². The predicted molar refractivity (Wildman–Crippen MR) is 56.9 cm³/mol. The zero-order valence-electron chi connectivity index (χ0n) is 8.86. The first-order valence-electron chi connectivity index (χ1n) is 5.18. The minimum Gasteiger partial charge on any atom is -0.386 e. The molecule has 84 valence electrons. The van der Waals surface area contributed by atoms with Gasteiger partial charge in [0.05, 0.1) is 12.5 Å². The molecule has 1 N–H and O–H groups in total. The Bertz CT molecular complexity index is 421. The van der Waals surface area contributed by atoms with E-state index >= 15 is 0 Å². The molecule has 0 radical (unpaired) electrons. The predicted octanol–water partition coefficient (Wildman–Crippen LogP) is 1.29. The summed E-state index contributed by atoms with van der Waals surface area (Å²) >= 11 is 0. The number of rotatable bonds is 3. The molecule has 1 fully saturated rings. The van der Waals surface area contributed by atoms with Crippen LogP contribution < -0.4 is 0 Å². The van der Waals surface area contributed by atoms with Crippen LogP contribution in [-0.4, -0.2) is 28.7 Å². The van der Waals surface area contributed by atoms with Crippen LogP contribution in [0.5, 0.6) is 0 Å². The van der Waals surface area contributed by atoms with E-state index in [2.05, 4.69) is 0 Å². The number of benzene rings is 1. The van der Waals surface area contributed by atoms with Crippen molar-refractivity contribution in [2.24, 2.45) is 0 Å². The third kappa shape index (κ3) is 2.21. The van der Waals surface area contributed by atoms with E-state index in [1.165, 1.54) is 6.07 Å². The van der Waals surface area contributed by atoms with Crippen molar-refractivity contribution < 1.29 is 9.50 Å². The fourth-order valence-corrected chi connectivity index (χ4v) is 2.02. The van der Waals surface area contributed by atoms with Crippen LogP contribution in [0.2, 0.25) is 0 Å². The van der Waals surface area contributed by atoms with Gasteiger partial charge in [-0.1, -0.05) is 18.2 Å². The highest BCUT2D eigenvalue weighted by atomic mass is 19.1. The average Bonchev–Trinajstić information content (AvgIpc) is 2.19. The lowest BCUT2D eigenvalue weighted by Gasteiger charge is -2.45. The molecule has 0 bridgehead atoms. The number of hydrogen-bond acceptors (Lipinski definition) is 3. The van der Waals surface area contributed by atoms with Gasteiger partial charge < -0.3 is 5.11 Å². The molecular formula is C12H13FN2O. The van der Waals surface area contributed by atoms with Gasteiger partial charge in [0, 0.05) is 25.2 Å². The van der Waals surface area contributed by atoms with Crippen molar-refractivity contribution in [3.05, 3.63) is 35.6 Å². The molecule has 2 rings (SSSR count). The molecule has 3 nitrogen and oxygen atoms in total. The van der Waals surface area contributed by atoms with Crippen LogP contribution in [0.4, 0.5) is 4.39 Å². The summed E-state index contributed by atoms with van der Waals surface area (Å²) in [6.07, 6.45) is 0.140. The van der Waals surface area contributed by atoms with Gasteiger partial charge in [0.2, 0.25) is 0 Å². The molecule has 1 aromatic carbocycles. The van der Waals surface area contributed by atoms with Crippen LogP contribution in [0.25, 0.3) is 0 Å². The molecule has 0 aliphatic carbocycles. The van der Waals surface area contributed by atoms with Crippen molar-refractivity contribution in [3.63, 3.8) is 0 Å². The summed E-state index contributed by atoms with van der Waals surface area (Å²) in [7, 11) is 0. The van der Waals surface area contributed by atoms with Crippen LogP contribution in [0.3, 0.4) is 0 Å². The summed E-state index contributed by atoms with van der Waals surface area (Å²) in [6.45, 7) is 1.37. The molecule has 0 spiro atoms. The SMILES string of the molecule is N#CCC1(O)CN(Cc2ccccc2F)C1. The number of halogens is 1. The first-order valence-corrected chi connectivity index (χ1v) is 5.18. The van der Waals surface area contributed by atoms with Crippen molar-refractivity contribution in [2.45, 2.75) is 18.6 Å². The fourth-order valence-electron chi connectivity index (χ4n) is 2.02. The minimum absolute atomic E-state index is 0.140. The molecule has 0 saturated carbocycles. The molecule has 16 heavy (non-hydrogen) atoms. The van der Waals surface area contributed by atoms with Crippen molar-refractivity contribution in [2.75, 3.05) is 13.1 Å². The zero-order valence-corrected chi connectivity index (χ0v) is 8.86. The Labute approximate surface area is 93.7 Å². The highest BCUT2D eigenvalue weighted by Crippen LogP contribution is 2.26. The molecular weight excluding hydrogens is 207 g/mol. The molecule has 0 aromatic heterocycles. The largest absolute Gasteiger partial charge is 0.386 e. The maximum Gasteiger partial charge on any atom is 0.127 e. The third-order valence-corrected chi connectivity index (χ3v) is 2.80. The number of β-amino-alcohol motifs (C(OH)–C–C–N with tert-alkyl or cyclic N) is 1. The van der Waals surface area contributed by atoms with Crippen LogP contribution >= 0.6 is 0 Å². The first-order chi connectivity index (χ1) is 7.63. The quantitative estimate of drug-likeness (QED) is 0.834. The Morgan fingerprint density at radius 3 is 2.75 bits per heavy atom. The molecule has 1 aliphatic rings. The lowest BCUT2D eigenvalue weighted by atomic mass is 9.90. The van der Waals surface area contributed by atoms with Gasteiger partial charge in [-0.05, 0) is 6.07 Å². The van der Waals surface area contributed by atoms with Gasteiger partial charge in [-0.25, -0.2) is 4.39 Å². The van der Waals surface area contributed by atoms with E-state index < -0.39 is 5.60 Å². The third-order valence-electron chi connectivity index (χ3n) is 2.80. The van der Waals surface area contributed by atoms with Crippen LogP contribution in [-0.2, 0) is 6.54 Å². The Balaban J connectivity index is 1.91. The smallest absolute Gasteiger partial charge is 0.127 e. The van der Waals surface area contributed by atoms with Gasteiger partial charge in [-0.3, -0.25) is 4.90 Å². The second-order valence-corrected chi connectivity index (χ2v) is 4.30.